The van der Waals surface area contributed by atoms with Gasteiger partial charge in [-0.1, -0.05) is 177 Å². The lowest BCUT2D eigenvalue weighted by atomic mass is 9.33. The monoisotopic (exact) mass is 969 g/mol. The third-order valence-corrected chi connectivity index (χ3v) is 18.3. The maximum Gasteiger partial charge on any atom is 0.256 e. The smallest absolute Gasteiger partial charge is 0.256 e. The molecule has 4 bridgehead atoms. The standard InChI is InChI=1S/C70H73BN2O/c1-67(2,3)53-23-20-49(21-24-53)52-38-63-65-64(39-52)74-66-59(50-18-14-11-15-19-50)40-58(72(56-29-25-54(26-30-56)68(4,5)6)57-31-27-55(28-32-57)69(7,8)9)41-61(66)71(65)60-37-51(48-16-12-10-13-17-48)22-33-62(60)73(63)70-42-45-34-46(43-70)36-47(35-45)44-70/h10-20,22-23,25-33,37-41,45-47H,21,24,34-36,42-44H2,1-9H3. The van der Waals surface area contributed by atoms with E-state index in [2.05, 4.69) is 236 Å². The lowest BCUT2D eigenvalue weighted by molar-refractivity contribution is 0.000627. The average Bonchev–Trinajstić information content (AvgIpc) is 3.41. The molecule has 2 aliphatic heterocycles. The molecule has 2 heterocycles. The van der Waals surface area contributed by atoms with E-state index in [0.717, 1.165) is 70.3 Å². The normalized spacial score (nSPS) is 21.6. The molecule has 0 amide bonds. The zero-order valence-corrected chi connectivity index (χ0v) is 45.4. The number of ether oxygens (including phenoxy) is 1. The van der Waals surface area contributed by atoms with Gasteiger partial charge in [0.05, 0.1) is 0 Å². The minimum absolute atomic E-state index is 0.0307. The largest absolute Gasteiger partial charge is 0.458 e. The molecule has 4 heteroatoms. The molecule has 0 radical (unpaired) electrons. The Morgan fingerprint density at radius 1 is 0.500 bits per heavy atom. The third kappa shape index (κ3) is 8.09. The molecule has 5 aliphatic carbocycles. The number of allylic oxidation sites excluding steroid dienone is 4. The van der Waals surface area contributed by atoms with Gasteiger partial charge in [-0.05, 0) is 195 Å². The van der Waals surface area contributed by atoms with Gasteiger partial charge in [0.15, 0.2) is 0 Å². The van der Waals surface area contributed by atoms with Crippen LogP contribution in [0.15, 0.2) is 169 Å². The van der Waals surface area contributed by atoms with E-state index in [9.17, 15) is 0 Å². The van der Waals surface area contributed by atoms with Gasteiger partial charge in [0.2, 0.25) is 0 Å². The van der Waals surface area contributed by atoms with Crippen molar-refractivity contribution in [2.24, 2.45) is 23.2 Å². The van der Waals surface area contributed by atoms with Gasteiger partial charge in [-0.15, -0.1) is 0 Å². The van der Waals surface area contributed by atoms with E-state index in [-0.39, 0.29) is 28.5 Å². The lowest BCUT2D eigenvalue weighted by Gasteiger charge is -2.62. The molecule has 3 nitrogen and oxygen atoms in total. The minimum atomic E-state index is -0.0786. The second-order valence-electron chi connectivity index (χ2n) is 26.4. The van der Waals surface area contributed by atoms with E-state index in [1.54, 1.807) is 0 Å². The number of anilines is 5. The molecule has 7 aromatic rings. The summed E-state index contributed by atoms with van der Waals surface area (Å²) in [4.78, 5) is 5.43. The van der Waals surface area contributed by atoms with Crippen molar-refractivity contribution in [2.75, 3.05) is 9.80 Å². The Morgan fingerprint density at radius 2 is 1.08 bits per heavy atom. The summed E-state index contributed by atoms with van der Waals surface area (Å²) in [5, 5.41) is 0. The van der Waals surface area contributed by atoms with Gasteiger partial charge in [-0.25, -0.2) is 0 Å². The van der Waals surface area contributed by atoms with E-state index in [1.165, 1.54) is 105 Å². The maximum atomic E-state index is 7.78. The van der Waals surface area contributed by atoms with E-state index in [1.807, 2.05) is 0 Å². The van der Waals surface area contributed by atoms with E-state index < -0.39 is 0 Å². The van der Waals surface area contributed by atoms with E-state index in [0.29, 0.717) is 0 Å². The minimum Gasteiger partial charge on any atom is -0.458 e. The highest BCUT2D eigenvalue weighted by Gasteiger charge is 2.57. The maximum absolute atomic E-state index is 7.78. The van der Waals surface area contributed by atoms with Crippen LogP contribution in [0.4, 0.5) is 28.4 Å². The van der Waals surface area contributed by atoms with Crippen LogP contribution in [0.2, 0.25) is 0 Å². The average molecular weight is 969 g/mol. The topological polar surface area (TPSA) is 15.7 Å². The van der Waals surface area contributed by atoms with Crippen LogP contribution in [0.5, 0.6) is 11.5 Å². The molecule has 4 saturated carbocycles. The Kier molecular flexibility index (Phi) is 11.0. The fraction of sp³-hybridized carbons (Fsp3) is 0.343. The summed E-state index contributed by atoms with van der Waals surface area (Å²) in [6, 6.07) is 58.2. The van der Waals surface area contributed by atoms with Gasteiger partial charge in [0.1, 0.15) is 11.5 Å². The van der Waals surface area contributed by atoms with Crippen LogP contribution < -0.4 is 30.9 Å². The first-order valence-corrected chi connectivity index (χ1v) is 28.0. The van der Waals surface area contributed by atoms with Gasteiger partial charge in [-0.2, -0.15) is 0 Å². The van der Waals surface area contributed by atoms with E-state index in [4.69, 9.17) is 4.74 Å². The summed E-state index contributed by atoms with van der Waals surface area (Å²) in [6.45, 7) is 20.8. The van der Waals surface area contributed by atoms with Gasteiger partial charge in [0.25, 0.3) is 6.71 Å². The zero-order chi connectivity index (χ0) is 50.9. The summed E-state index contributed by atoms with van der Waals surface area (Å²) in [7, 11) is 0. The van der Waals surface area contributed by atoms with Crippen molar-refractivity contribution in [1.82, 2.24) is 0 Å². The van der Waals surface area contributed by atoms with Crippen molar-refractivity contribution < 1.29 is 4.74 Å². The highest BCUT2D eigenvalue weighted by molar-refractivity contribution is 6.99. The molecular weight excluding hydrogens is 896 g/mol. The summed E-state index contributed by atoms with van der Waals surface area (Å²) in [6.07, 6.45) is 15.0. The molecule has 0 N–H and O–H groups in total. The number of fused-ring (bicyclic) bond motifs is 4. The number of hydrogen-bond donors (Lipinski definition) is 0. The summed E-state index contributed by atoms with van der Waals surface area (Å²) in [5.74, 6) is 4.34. The summed E-state index contributed by atoms with van der Waals surface area (Å²) < 4.78 is 7.78. The second-order valence-corrected chi connectivity index (χ2v) is 26.4. The predicted octanol–water partition coefficient (Wildman–Crippen LogP) is 17.3. The molecule has 4 fully saturated rings. The Morgan fingerprint density at radius 3 is 1.62 bits per heavy atom. The molecule has 7 aromatic carbocycles. The number of nitrogens with zero attached hydrogens (tertiary/aromatic N) is 2. The Labute approximate surface area is 442 Å². The predicted molar refractivity (Wildman–Crippen MR) is 315 cm³/mol. The first-order valence-electron chi connectivity index (χ1n) is 28.0. The Balaban J connectivity index is 1.09. The molecule has 74 heavy (non-hydrogen) atoms. The molecule has 372 valence electrons. The quantitative estimate of drug-likeness (QED) is 0.148. The Bertz CT molecular complexity index is 3290. The first kappa shape index (κ1) is 47.2. The Hall–Kier alpha value is -6.52. The zero-order valence-electron chi connectivity index (χ0n) is 45.4. The molecule has 7 aliphatic rings. The van der Waals surface area contributed by atoms with Crippen LogP contribution in [0.25, 0.3) is 27.8 Å². The van der Waals surface area contributed by atoms with Crippen molar-refractivity contribution in [3.05, 3.63) is 186 Å². The lowest BCUT2D eigenvalue weighted by Crippen LogP contribution is -2.66. The fourth-order valence-corrected chi connectivity index (χ4v) is 14.8. The highest BCUT2D eigenvalue weighted by atomic mass is 16.5. The highest BCUT2D eigenvalue weighted by Crippen LogP contribution is 2.61. The fourth-order valence-electron chi connectivity index (χ4n) is 14.8. The van der Waals surface area contributed by atoms with Crippen molar-refractivity contribution in [1.29, 1.82) is 0 Å². The van der Waals surface area contributed by atoms with Crippen molar-refractivity contribution in [3.8, 4) is 33.8 Å². The van der Waals surface area contributed by atoms with Gasteiger partial charge in [0, 0.05) is 39.5 Å². The first-order chi connectivity index (χ1) is 35.5. The van der Waals surface area contributed by atoms with Gasteiger partial charge in [-0.3, -0.25) is 0 Å². The SMILES string of the molecule is CC(C)(C)C1=CC=C(c2cc3c4c(c2)N(C25CC6CC(CC(C6)C2)C5)c2ccc(-c5ccccc5)cc2B4c2cc(N(c4ccc(C(C)(C)C)cc4)c4ccc(C(C)(C)C)cc4)cc(-c4ccccc4)c2O3)CC1. The van der Waals surface area contributed by atoms with Crippen molar-refractivity contribution in [3.63, 3.8) is 0 Å². The molecule has 0 unspecified atom stereocenters. The number of rotatable bonds is 7. The van der Waals surface area contributed by atoms with Gasteiger partial charge < -0.3 is 14.5 Å². The van der Waals surface area contributed by atoms with Crippen molar-refractivity contribution >= 4 is 57.1 Å². The third-order valence-electron chi connectivity index (χ3n) is 18.3. The summed E-state index contributed by atoms with van der Waals surface area (Å²) >= 11 is 0. The second kappa shape index (κ2) is 17.3. The molecular formula is C70H73BN2O. The van der Waals surface area contributed by atoms with Crippen LogP contribution >= 0.6 is 0 Å². The van der Waals surface area contributed by atoms with Crippen LogP contribution in [0.3, 0.4) is 0 Å². The van der Waals surface area contributed by atoms with Crippen LogP contribution in [0, 0.1) is 23.2 Å². The molecule has 0 spiro atoms. The molecule has 0 saturated heterocycles. The van der Waals surface area contributed by atoms with Crippen LogP contribution in [0.1, 0.15) is 130 Å². The number of hydrogen-bond acceptors (Lipinski definition) is 3. The molecule has 0 atom stereocenters. The van der Waals surface area contributed by atoms with E-state index >= 15 is 0 Å². The molecule has 14 rings (SSSR count). The van der Waals surface area contributed by atoms with Crippen molar-refractivity contribution in [2.45, 2.75) is 130 Å². The van der Waals surface area contributed by atoms with Gasteiger partial charge >= 0.3 is 0 Å². The molecule has 0 aromatic heterocycles. The van der Waals surface area contributed by atoms with Crippen LogP contribution in [-0.2, 0) is 10.8 Å². The number of benzene rings is 7. The summed E-state index contributed by atoms with van der Waals surface area (Å²) in [5.41, 5.74) is 22.0. The van der Waals surface area contributed by atoms with Crippen LogP contribution in [-0.4, -0.2) is 12.3 Å².